The van der Waals surface area contributed by atoms with Crippen LogP contribution >= 0.6 is 11.6 Å². The van der Waals surface area contributed by atoms with Crippen LogP contribution in [0.2, 0.25) is 5.02 Å². The first-order valence-electron chi connectivity index (χ1n) is 9.81. The molecule has 0 spiro atoms. The van der Waals surface area contributed by atoms with E-state index in [2.05, 4.69) is 4.98 Å². The summed E-state index contributed by atoms with van der Waals surface area (Å²) in [6.45, 7) is -0.181. The average molecular weight is 484 g/mol. The summed E-state index contributed by atoms with van der Waals surface area (Å²) >= 11 is 6.16. The van der Waals surface area contributed by atoms with E-state index in [9.17, 15) is 23.1 Å². The summed E-state index contributed by atoms with van der Waals surface area (Å²) in [7, 11) is 0. The number of carboxylic acid groups (broad SMARTS) is 1. The fourth-order valence-electron chi connectivity index (χ4n) is 3.79. The maximum atomic E-state index is 14.1. The zero-order valence-electron chi connectivity index (χ0n) is 16.7. The van der Waals surface area contributed by atoms with Crippen molar-refractivity contribution < 1.29 is 27.8 Å². The summed E-state index contributed by atoms with van der Waals surface area (Å²) in [5.41, 5.74) is 2.61. The van der Waals surface area contributed by atoms with Gasteiger partial charge in [-0.25, -0.2) is 22.9 Å². The molecule has 3 aromatic rings. The molecule has 1 aromatic heterocycles. The van der Waals surface area contributed by atoms with E-state index in [0.717, 1.165) is 35.8 Å². The first kappa shape index (κ1) is 25.3. The molecule has 33 heavy (non-hydrogen) atoms. The third kappa shape index (κ3) is 5.79. The standard InChI is InChI=1S/C24H17ClF3NO3.Na.H/c25-16-9-21(23(29-11-16)32-12-13-4-5-17(26)10-22(13)28)20-3-1-2-19(20)14-6-15(24(30)31)8-18(27)7-14;;/h4-11H,1-3,12H2,(H,30,31);;. The van der Waals surface area contributed by atoms with Crippen LogP contribution in [0.25, 0.3) is 11.1 Å². The Labute approximate surface area is 215 Å². The molecule has 0 aliphatic heterocycles. The fraction of sp³-hybridized carbons (Fsp3) is 0.167. The molecule has 4 rings (SSSR count). The van der Waals surface area contributed by atoms with Crippen molar-refractivity contribution in [3.63, 3.8) is 0 Å². The van der Waals surface area contributed by atoms with Gasteiger partial charge in [-0.3, -0.25) is 0 Å². The van der Waals surface area contributed by atoms with E-state index in [1.807, 2.05) is 0 Å². The van der Waals surface area contributed by atoms with E-state index in [0.29, 0.717) is 29.0 Å². The number of hydrogen-bond acceptors (Lipinski definition) is 3. The van der Waals surface area contributed by atoms with Crippen LogP contribution in [0.3, 0.4) is 0 Å². The summed E-state index contributed by atoms with van der Waals surface area (Å²) in [4.78, 5) is 15.6. The van der Waals surface area contributed by atoms with Crippen LogP contribution in [-0.4, -0.2) is 45.6 Å². The van der Waals surface area contributed by atoms with Crippen molar-refractivity contribution in [2.45, 2.75) is 25.9 Å². The van der Waals surface area contributed by atoms with E-state index in [4.69, 9.17) is 16.3 Å². The van der Waals surface area contributed by atoms with E-state index in [1.165, 1.54) is 24.4 Å². The Hall–Kier alpha value is -2.32. The van der Waals surface area contributed by atoms with Crippen LogP contribution in [0.15, 0.2) is 48.7 Å². The van der Waals surface area contributed by atoms with Gasteiger partial charge in [0.2, 0.25) is 5.88 Å². The Morgan fingerprint density at radius 1 is 1.03 bits per heavy atom. The number of ether oxygens (including phenoxy) is 1. The van der Waals surface area contributed by atoms with Crippen molar-refractivity contribution in [2.75, 3.05) is 0 Å². The molecular weight excluding hydrogens is 466 g/mol. The second-order valence-electron chi connectivity index (χ2n) is 7.38. The maximum absolute atomic E-state index is 14.1. The summed E-state index contributed by atoms with van der Waals surface area (Å²) in [5, 5.41) is 9.62. The Bertz CT molecular complexity index is 1250. The summed E-state index contributed by atoms with van der Waals surface area (Å²) in [5.74, 6) is -3.09. The SMILES string of the molecule is O=C(O)c1cc(F)cc(C2=C(c3cc(Cl)cnc3OCc3ccc(F)cc3F)CCC2)c1.[NaH]. The predicted molar refractivity (Wildman–Crippen MR) is 121 cm³/mol. The van der Waals surface area contributed by atoms with Crippen LogP contribution in [0, 0.1) is 17.5 Å². The summed E-state index contributed by atoms with van der Waals surface area (Å²) in [6.07, 6.45) is 3.39. The van der Waals surface area contributed by atoms with Crippen molar-refractivity contribution in [1.29, 1.82) is 0 Å². The molecule has 0 saturated carbocycles. The minimum atomic E-state index is -1.22. The van der Waals surface area contributed by atoms with Crippen molar-refractivity contribution in [1.82, 2.24) is 4.98 Å². The minimum absolute atomic E-state index is 0. The average Bonchev–Trinajstić information content (AvgIpc) is 3.23. The molecule has 1 aliphatic rings. The zero-order chi connectivity index (χ0) is 22.8. The Morgan fingerprint density at radius 2 is 1.79 bits per heavy atom. The number of carbonyl (C=O) groups is 1. The van der Waals surface area contributed by atoms with Gasteiger partial charge in [-0.15, -0.1) is 0 Å². The van der Waals surface area contributed by atoms with E-state index >= 15 is 0 Å². The number of allylic oxidation sites excluding steroid dienone is 2. The van der Waals surface area contributed by atoms with Gasteiger partial charge in [0, 0.05) is 23.4 Å². The predicted octanol–water partition coefficient (Wildman–Crippen LogP) is 5.88. The van der Waals surface area contributed by atoms with Crippen molar-refractivity contribution >= 4 is 58.3 Å². The number of halogens is 4. The molecule has 1 aliphatic carbocycles. The van der Waals surface area contributed by atoms with E-state index in [1.54, 1.807) is 6.07 Å². The number of hydrogen-bond donors (Lipinski definition) is 1. The molecule has 0 unspecified atom stereocenters. The monoisotopic (exact) mass is 483 g/mol. The fourth-order valence-corrected chi connectivity index (χ4v) is 3.95. The molecular formula is C24H18ClF3NNaO3. The Kier molecular flexibility index (Phi) is 8.23. The van der Waals surface area contributed by atoms with Crippen molar-refractivity contribution in [2.24, 2.45) is 0 Å². The zero-order valence-corrected chi connectivity index (χ0v) is 17.4. The van der Waals surface area contributed by atoms with E-state index in [-0.39, 0.29) is 53.2 Å². The Morgan fingerprint density at radius 3 is 2.52 bits per heavy atom. The number of nitrogens with zero attached hydrogens (tertiary/aromatic N) is 1. The molecule has 4 nitrogen and oxygen atoms in total. The molecule has 0 atom stereocenters. The van der Waals surface area contributed by atoms with Crippen LogP contribution in [0.4, 0.5) is 13.2 Å². The summed E-state index contributed by atoms with van der Waals surface area (Å²) in [6, 6.07) is 8.55. The Balaban J connectivity index is 0.00000306. The molecule has 2 aromatic carbocycles. The van der Waals surface area contributed by atoms with Gasteiger partial charge >= 0.3 is 35.5 Å². The van der Waals surface area contributed by atoms with Gasteiger partial charge in [0.1, 0.15) is 24.1 Å². The topological polar surface area (TPSA) is 59.4 Å². The first-order chi connectivity index (χ1) is 15.3. The van der Waals surface area contributed by atoms with Crippen molar-refractivity contribution in [3.05, 3.63) is 93.4 Å². The number of pyridine rings is 1. The second-order valence-corrected chi connectivity index (χ2v) is 7.81. The second kappa shape index (κ2) is 10.7. The number of benzene rings is 2. The van der Waals surface area contributed by atoms with Crippen molar-refractivity contribution in [3.8, 4) is 5.88 Å². The van der Waals surface area contributed by atoms with Crippen LogP contribution < -0.4 is 4.74 Å². The van der Waals surface area contributed by atoms with Gasteiger partial charge in [-0.1, -0.05) is 11.6 Å². The van der Waals surface area contributed by atoms with E-state index < -0.39 is 23.4 Å². The molecule has 0 amide bonds. The van der Waals surface area contributed by atoms with Gasteiger partial charge in [-0.2, -0.15) is 0 Å². The molecule has 1 N–H and O–H groups in total. The molecule has 0 radical (unpaired) electrons. The van der Waals surface area contributed by atoms with Gasteiger partial charge in [0.15, 0.2) is 0 Å². The molecule has 9 heteroatoms. The van der Waals surface area contributed by atoms with Crippen LogP contribution in [0.5, 0.6) is 5.88 Å². The van der Waals surface area contributed by atoms with Crippen LogP contribution in [0.1, 0.15) is 46.3 Å². The molecule has 166 valence electrons. The molecule has 1 heterocycles. The summed E-state index contributed by atoms with van der Waals surface area (Å²) < 4.78 is 47.0. The first-order valence-corrected chi connectivity index (χ1v) is 10.2. The number of rotatable bonds is 6. The number of aromatic carboxylic acids is 1. The van der Waals surface area contributed by atoms with Gasteiger partial charge in [0.05, 0.1) is 10.6 Å². The van der Waals surface area contributed by atoms with Gasteiger partial charge < -0.3 is 9.84 Å². The number of aromatic nitrogens is 1. The van der Waals surface area contributed by atoms with Gasteiger partial charge in [-0.05, 0) is 72.4 Å². The van der Waals surface area contributed by atoms with Gasteiger partial charge in [0.25, 0.3) is 0 Å². The third-order valence-electron chi connectivity index (χ3n) is 5.23. The van der Waals surface area contributed by atoms with Crippen LogP contribution in [-0.2, 0) is 6.61 Å². The molecule has 0 fully saturated rings. The number of carboxylic acids is 1. The normalized spacial score (nSPS) is 13.1. The quantitative estimate of drug-likeness (QED) is 0.445. The third-order valence-corrected chi connectivity index (χ3v) is 5.44. The molecule has 0 bridgehead atoms. The molecule has 0 saturated heterocycles.